The Hall–Kier alpha value is 0.340. The average molecular weight is 543 g/mol. The van der Waals surface area contributed by atoms with Gasteiger partial charge in [-0.1, -0.05) is 71.1 Å². The van der Waals surface area contributed by atoms with E-state index in [0.717, 1.165) is 44.0 Å². The molecule has 0 aromatic carbocycles. The molecule has 212 valence electrons. The molecular weight excluding hydrogens is 485 g/mol. The second-order valence-electron chi connectivity index (χ2n) is 10.4. The second-order valence-corrected chi connectivity index (χ2v) is 13.0. The third kappa shape index (κ3) is 27.2. The smallest absolute Gasteiger partial charge is 0.381 e. The Morgan fingerprint density at radius 1 is 0.800 bits per heavy atom. The first-order valence-corrected chi connectivity index (χ1v) is 16.5. The highest BCUT2D eigenvalue weighted by molar-refractivity contribution is 7.99. The SMILES string of the molecule is CCCCCCCCCCCCOCCCCCSCC(COP(=O)(O)OCC[N+](C)(C)C)OC. The van der Waals surface area contributed by atoms with E-state index < -0.39 is 7.82 Å². The summed E-state index contributed by atoms with van der Waals surface area (Å²) in [7, 11) is 3.55. The van der Waals surface area contributed by atoms with Crippen LogP contribution in [0.3, 0.4) is 0 Å². The van der Waals surface area contributed by atoms with Crippen molar-refractivity contribution in [2.75, 3.05) is 72.7 Å². The maximum Gasteiger partial charge on any atom is 0.472 e. The van der Waals surface area contributed by atoms with Crippen LogP contribution in [-0.4, -0.2) is 88.2 Å². The van der Waals surface area contributed by atoms with Crippen LogP contribution in [0.2, 0.25) is 0 Å². The fourth-order valence-corrected chi connectivity index (χ4v) is 5.23. The number of hydrogen-bond acceptors (Lipinski definition) is 6. The maximum absolute atomic E-state index is 12.0. The largest absolute Gasteiger partial charge is 0.472 e. The van der Waals surface area contributed by atoms with Crippen molar-refractivity contribution in [2.24, 2.45) is 0 Å². The fourth-order valence-electron chi connectivity index (χ4n) is 3.42. The van der Waals surface area contributed by atoms with Crippen LogP contribution in [0.15, 0.2) is 0 Å². The molecule has 2 atom stereocenters. The van der Waals surface area contributed by atoms with Gasteiger partial charge in [0.1, 0.15) is 13.2 Å². The number of ether oxygens (including phenoxy) is 2. The Labute approximate surface area is 221 Å². The molecule has 0 saturated heterocycles. The Balaban J connectivity index is 3.49. The monoisotopic (exact) mass is 542 g/mol. The molecule has 0 saturated carbocycles. The molecule has 35 heavy (non-hydrogen) atoms. The Kier molecular flexibility index (Phi) is 23.7. The highest BCUT2D eigenvalue weighted by atomic mass is 32.2. The van der Waals surface area contributed by atoms with E-state index in [2.05, 4.69) is 6.92 Å². The van der Waals surface area contributed by atoms with Gasteiger partial charge in [0, 0.05) is 26.1 Å². The molecule has 0 radical (unpaired) electrons. The third-order valence-electron chi connectivity index (χ3n) is 5.80. The summed E-state index contributed by atoms with van der Waals surface area (Å²) >= 11 is 1.78. The molecule has 0 heterocycles. The van der Waals surface area contributed by atoms with Gasteiger partial charge in [-0.2, -0.15) is 11.8 Å². The van der Waals surface area contributed by atoms with E-state index >= 15 is 0 Å². The van der Waals surface area contributed by atoms with Crippen molar-refractivity contribution in [3.63, 3.8) is 0 Å². The minimum Gasteiger partial charge on any atom is -0.381 e. The van der Waals surface area contributed by atoms with E-state index in [1.165, 1.54) is 64.2 Å². The summed E-state index contributed by atoms with van der Waals surface area (Å²) in [5.41, 5.74) is 0. The lowest BCUT2D eigenvalue weighted by Gasteiger charge is -2.24. The van der Waals surface area contributed by atoms with Crippen LogP contribution in [0.4, 0.5) is 0 Å². The van der Waals surface area contributed by atoms with Crippen LogP contribution in [0.5, 0.6) is 0 Å². The van der Waals surface area contributed by atoms with Gasteiger partial charge < -0.3 is 18.9 Å². The molecule has 0 fully saturated rings. The summed E-state index contributed by atoms with van der Waals surface area (Å²) in [5, 5.41) is 0. The van der Waals surface area contributed by atoms with Crippen molar-refractivity contribution < 1.29 is 32.5 Å². The van der Waals surface area contributed by atoms with E-state index in [1.54, 1.807) is 18.9 Å². The standard InChI is InChI=1S/C26H56NO6PS/c1-6-7-8-9-10-11-12-13-14-16-20-31-21-17-15-18-23-35-25-26(30-5)24-33-34(28,29)32-22-19-27(2,3)4/h26H,6-25H2,1-5H3/p+1. The predicted molar refractivity (Wildman–Crippen MR) is 149 cm³/mol. The molecule has 0 aromatic heterocycles. The number of phosphoric ester groups is 1. The minimum absolute atomic E-state index is 0.0501. The van der Waals surface area contributed by atoms with Crippen LogP contribution in [-0.2, 0) is 23.1 Å². The van der Waals surface area contributed by atoms with Gasteiger partial charge >= 0.3 is 7.82 Å². The molecule has 1 N–H and O–H groups in total. The fraction of sp³-hybridized carbons (Fsp3) is 1.00. The van der Waals surface area contributed by atoms with Crippen LogP contribution in [0.1, 0.15) is 90.4 Å². The first-order chi connectivity index (χ1) is 16.7. The van der Waals surface area contributed by atoms with Crippen molar-refractivity contribution >= 4 is 19.6 Å². The molecule has 2 unspecified atom stereocenters. The Morgan fingerprint density at radius 2 is 1.34 bits per heavy atom. The lowest BCUT2D eigenvalue weighted by molar-refractivity contribution is -0.870. The van der Waals surface area contributed by atoms with Crippen molar-refractivity contribution in [2.45, 2.75) is 96.5 Å². The van der Waals surface area contributed by atoms with Crippen LogP contribution in [0.25, 0.3) is 0 Å². The quantitative estimate of drug-likeness (QED) is 0.0705. The minimum atomic E-state index is -4.04. The summed E-state index contributed by atoms with van der Waals surface area (Å²) in [6.07, 6.45) is 16.7. The highest BCUT2D eigenvalue weighted by Crippen LogP contribution is 2.43. The van der Waals surface area contributed by atoms with Gasteiger partial charge in [0.25, 0.3) is 0 Å². The van der Waals surface area contributed by atoms with Gasteiger partial charge in [-0.3, -0.25) is 9.05 Å². The zero-order chi connectivity index (χ0) is 26.3. The molecule has 0 aromatic rings. The maximum atomic E-state index is 12.0. The van der Waals surface area contributed by atoms with Crippen molar-refractivity contribution in [1.82, 2.24) is 0 Å². The van der Waals surface area contributed by atoms with E-state index in [1.807, 2.05) is 21.1 Å². The lowest BCUT2D eigenvalue weighted by Crippen LogP contribution is -2.37. The molecule has 0 aliphatic rings. The number of rotatable bonds is 27. The van der Waals surface area contributed by atoms with Crippen molar-refractivity contribution in [3.8, 4) is 0 Å². The molecule has 0 aliphatic carbocycles. The normalized spacial score (nSPS) is 14.8. The topological polar surface area (TPSA) is 74.2 Å². The average Bonchev–Trinajstić information content (AvgIpc) is 2.79. The molecular formula is C26H57NO6PS+. The molecule has 7 nitrogen and oxygen atoms in total. The number of nitrogens with zero attached hydrogens (tertiary/aromatic N) is 1. The molecule has 0 rings (SSSR count). The van der Waals surface area contributed by atoms with E-state index in [4.69, 9.17) is 18.5 Å². The van der Waals surface area contributed by atoms with Gasteiger partial charge in [-0.05, 0) is 25.0 Å². The first-order valence-electron chi connectivity index (χ1n) is 13.8. The zero-order valence-corrected chi connectivity index (χ0v) is 25.2. The number of unbranched alkanes of at least 4 members (excludes halogenated alkanes) is 11. The van der Waals surface area contributed by atoms with Crippen LogP contribution >= 0.6 is 19.6 Å². The van der Waals surface area contributed by atoms with Gasteiger partial charge in [-0.15, -0.1) is 0 Å². The summed E-state index contributed by atoms with van der Waals surface area (Å²) in [6.45, 7) is 4.87. The predicted octanol–water partition coefficient (Wildman–Crippen LogP) is 6.68. The Bertz CT molecular complexity index is 507. The van der Waals surface area contributed by atoms with E-state index in [9.17, 15) is 9.46 Å². The number of hydrogen-bond donors (Lipinski definition) is 1. The van der Waals surface area contributed by atoms with Crippen LogP contribution < -0.4 is 0 Å². The number of likely N-dealkylation sites (N-methyl/N-ethyl adjacent to an activating group) is 1. The molecule has 0 bridgehead atoms. The number of quaternary nitrogens is 1. The van der Waals surface area contributed by atoms with Gasteiger partial charge in [-0.25, -0.2) is 4.57 Å². The first kappa shape index (κ1) is 35.3. The van der Waals surface area contributed by atoms with E-state index in [-0.39, 0.29) is 19.3 Å². The van der Waals surface area contributed by atoms with Gasteiger partial charge in [0.15, 0.2) is 0 Å². The Morgan fingerprint density at radius 3 is 1.89 bits per heavy atom. The zero-order valence-electron chi connectivity index (χ0n) is 23.5. The highest BCUT2D eigenvalue weighted by Gasteiger charge is 2.24. The van der Waals surface area contributed by atoms with Crippen molar-refractivity contribution in [1.29, 1.82) is 0 Å². The number of phosphoric acid groups is 1. The molecule has 0 aliphatic heterocycles. The molecule has 0 amide bonds. The number of thioether (sulfide) groups is 1. The third-order valence-corrected chi connectivity index (χ3v) is 7.97. The molecule has 0 spiro atoms. The van der Waals surface area contributed by atoms with Gasteiger partial charge in [0.05, 0.1) is 33.9 Å². The summed E-state index contributed by atoms with van der Waals surface area (Å²) < 4.78 is 34.0. The summed E-state index contributed by atoms with van der Waals surface area (Å²) in [6, 6.07) is 0. The summed E-state index contributed by atoms with van der Waals surface area (Å²) in [4.78, 5) is 9.81. The second kappa shape index (κ2) is 23.5. The van der Waals surface area contributed by atoms with E-state index in [0.29, 0.717) is 11.0 Å². The van der Waals surface area contributed by atoms with Gasteiger partial charge in [0.2, 0.25) is 0 Å². The summed E-state index contributed by atoms with van der Waals surface area (Å²) in [5.74, 6) is 1.76. The lowest BCUT2D eigenvalue weighted by atomic mass is 10.1. The molecule has 9 heteroatoms. The number of methoxy groups -OCH3 is 1. The van der Waals surface area contributed by atoms with Crippen LogP contribution in [0, 0.1) is 0 Å². The van der Waals surface area contributed by atoms with Crippen molar-refractivity contribution in [3.05, 3.63) is 0 Å².